The lowest BCUT2D eigenvalue weighted by Crippen LogP contribution is -2.48. The highest BCUT2D eigenvalue weighted by Crippen LogP contribution is 2.24. The quantitative estimate of drug-likeness (QED) is 0.806. The monoisotopic (exact) mass is 341 g/mol. The minimum Gasteiger partial charge on any atom is -0.492 e. The van der Waals surface area contributed by atoms with Gasteiger partial charge in [-0.25, -0.2) is 8.42 Å². The fourth-order valence-corrected chi connectivity index (χ4v) is 2.17. The second-order valence-corrected chi connectivity index (χ2v) is 9.73. The highest BCUT2D eigenvalue weighted by Gasteiger charge is 2.38. The molecule has 0 aromatic heterocycles. The Bertz CT molecular complexity index is 640. The second kappa shape index (κ2) is 6.91. The highest BCUT2D eigenvalue weighted by atomic mass is 32.2. The maximum atomic E-state index is 11.9. The van der Waals surface area contributed by atoms with Gasteiger partial charge in [0.05, 0.1) is 6.54 Å². The van der Waals surface area contributed by atoms with Crippen LogP contribution in [-0.2, 0) is 20.0 Å². The van der Waals surface area contributed by atoms with Crippen LogP contribution in [0.15, 0.2) is 24.3 Å². The van der Waals surface area contributed by atoms with Gasteiger partial charge in [-0.05, 0) is 37.0 Å². The van der Waals surface area contributed by atoms with Gasteiger partial charge >= 0.3 is 0 Å². The average Bonchev–Trinajstić information content (AvgIpc) is 2.41. The van der Waals surface area contributed by atoms with Crippen LogP contribution in [0.3, 0.4) is 0 Å². The van der Waals surface area contributed by atoms with Crippen molar-refractivity contribution >= 4 is 15.7 Å². The van der Waals surface area contributed by atoms with E-state index in [1.54, 1.807) is 0 Å². The number of ether oxygens (including phenoxy) is 1. The molecule has 0 atom stereocenters. The molecule has 0 fully saturated rings. The summed E-state index contributed by atoms with van der Waals surface area (Å²) in [4.78, 5) is 11.9. The maximum Gasteiger partial charge on any atom is 0.240 e. The summed E-state index contributed by atoms with van der Waals surface area (Å²) in [5.41, 5.74) is 1.30. The number of rotatable bonds is 6. The van der Waals surface area contributed by atoms with Crippen LogP contribution < -0.4 is 10.1 Å². The molecule has 1 N–H and O–H groups in total. The van der Waals surface area contributed by atoms with E-state index in [9.17, 15) is 13.2 Å². The summed E-state index contributed by atoms with van der Waals surface area (Å²) in [5, 5.41) is 2.59. The summed E-state index contributed by atoms with van der Waals surface area (Å²) in [6.07, 6.45) is 1.06. The van der Waals surface area contributed by atoms with E-state index in [-0.39, 0.29) is 18.6 Å². The summed E-state index contributed by atoms with van der Waals surface area (Å²) < 4.78 is 27.3. The number of hydrogen-bond donors (Lipinski definition) is 1. The Morgan fingerprint density at radius 2 is 1.61 bits per heavy atom. The first-order chi connectivity index (χ1) is 10.4. The van der Waals surface area contributed by atoms with Crippen molar-refractivity contribution in [3.8, 4) is 5.75 Å². The molecule has 23 heavy (non-hydrogen) atoms. The Morgan fingerprint density at radius 3 is 2.04 bits per heavy atom. The van der Waals surface area contributed by atoms with Gasteiger partial charge in [-0.3, -0.25) is 4.79 Å². The average molecular weight is 341 g/mol. The highest BCUT2D eigenvalue weighted by molar-refractivity contribution is 7.92. The number of sulfone groups is 1. The van der Waals surface area contributed by atoms with Crippen LogP contribution in [0.25, 0.3) is 0 Å². The molecule has 0 radical (unpaired) electrons. The van der Waals surface area contributed by atoms with Gasteiger partial charge in [0.2, 0.25) is 5.91 Å². The summed E-state index contributed by atoms with van der Waals surface area (Å²) in [5.74, 6) is 0.196. The van der Waals surface area contributed by atoms with Crippen LogP contribution in [-0.4, -0.2) is 38.5 Å². The lowest BCUT2D eigenvalue weighted by atomic mass is 9.87. The Hall–Kier alpha value is -1.56. The first kappa shape index (κ1) is 19.5. The van der Waals surface area contributed by atoms with Gasteiger partial charge in [0.15, 0.2) is 9.84 Å². The number of amides is 1. The molecule has 0 saturated carbocycles. The molecule has 0 unspecified atom stereocenters. The number of benzene rings is 1. The Kier molecular flexibility index (Phi) is 5.85. The molecule has 1 aromatic carbocycles. The van der Waals surface area contributed by atoms with Gasteiger partial charge in [-0.2, -0.15) is 0 Å². The van der Waals surface area contributed by atoms with Crippen molar-refractivity contribution in [1.82, 2.24) is 5.32 Å². The molecular formula is C17H27NO4S. The summed E-state index contributed by atoms with van der Waals surface area (Å²) >= 11 is 0. The molecule has 1 aromatic rings. The zero-order chi connectivity index (χ0) is 17.9. The van der Waals surface area contributed by atoms with E-state index in [1.165, 1.54) is 19.4 Å². The third-order valence-corrected chi connectivity index (χ3v) is 5.89. The summed E-state index contributed by atoms with van der Waals surface area (Å²) in [6, 6.07) is 7.81. The van der Waals surface area contributed by atoms with Gasteiger partial charge in [-0.1, -0.05) is 32.9 Å². The summed E-state index contributed by atoms with van der Waals surface area (Å²) in [7, 11) is -3.46. The van der Waals surface area contributed by atoms with E-state index in [1.807, 2.05) is 24.3 Å². The lowest BCUT2D eigenvalue weighted by Gasteiger charge is -2.21. The van der Waals surface area contributed by atoms with E-state index in [0.29, 0.717) is 0 Å². The van der Waals surface area contributed by atoms with Gasteiger partial charge < -0.3 is 10.1 Å². The normalized spacial score (nSPS) is 12.8. The van der Waals surface area contributed by atoms with Crippen molar-refractivity contribution in [3.05, 3.63) is 29.8 Å². The van der Waals surface area contributed by atoms with Gasteiger partial charge in [0.1, 0.15) is 17.1 Å². The number of nitrogens with one attached hydrogen (secondary N) is 1. The van der Waals surface area contributed by atoms with E-state index in [0.717, 1.165) is 12.0 Å². The molecule has 0 bridgehead atoms. The third kappa shape index (κ3) is 5.23. The van der Waals surface area contributed by atoms with Crippen LogP contribution in [0.4, 0.5) is 0 Å². The molecule has 0 aliphatic heterocycles. The maximum absolute atomic E-state index is 11.9. The molecule has 0 saturated heterocycles. The van der Waals surface area contributed by atoms with Crippen molar-refractivity contribution in [2.24, 2.45) is 0 Å². The van der Waals surface area contributed by atoms with Crippen LogP contribution in [0, 0.1) is 0 Å². The molecule has 5 nitrogen and oxygen atoms in total. The predicted octanol–water partition coefficient (Wildman–Crippen LogP) is 2.30. The molecule has 0 heterocycles. The first-order valence-corrected chi connectivity index (χ1v) is 9.46. The Labute approximate surface area is 139 Å². The minimum absolute atomic E-state index is 0.0870. The topological polar surface area (TPSA) is 72.5 Å². The smallest absolute Gasteiger partial charge is 0.240 e. The zero-order valence-corrected chi connectivity index (χ0v) is 15.6. The molecule has 6 heteroatoms. The number of carbonyl (C=O) groups is 1. The zero-order valence-electron chi connectivity index (χ0n) is 14.8. The lowest BCUT2D eigenvalue weighted by molar-refractivity contribution is -0.122. The fourth-order valence-electron chi connectivity index (χ4n) is 1.77. The molecular weight excluding hydrogens is 314 g/mol. The number of carbonyl (C=O) groups excluding carboxylic acids is 1. The molecule has 0 spiro atoms. The van der Waals surface area contributed by atoms with Crippen molar-refractivity contribution < 1.29 is 17.9 Å². The molecule has 1 amide bonds. The van der Waals surface area contributed by atoms with Crippen molar-refractivity contribution in [3.63, 3.8) is 0 Å². The fraction of sp³-hybridized carbons (Fsp3) is 0.588. The van der Waals surface area contributed by atoms with Gasteiger partial charge in [0, 0.05) is 6.26 Å². The van der Waals surface area contributed by atoms with Crippen molar-refractivity contribution in [2.75, 3.05) is 19.4 Å². The predicted molar refractivity (Wildman–Crippen MR) is 92.6 cm³/mol. The van der Waals surface area contributed by atoms with Crippen LogP contribution in [0.5, 0.6) is 5.75 Å². The van der Waals surface area contributed by atoms with E-state index in [2.05, 4.69) is 26.1 Å². The first-order valence-electron chi connectivity index (χ1n) is 7.57. The van der Waals surface area contributed by atoms with Crippen LogP contribution in [0.1, 0.15) is 40.2 Å². The molecule has 130 valence electrons. The second-order valence-electron chi connectivity index (χ2n) is 7.16. The molecule has 0 aliphatic carbocycles. The molecule has 1 rings (SSSR count). The Morgan fingerprint density at radius 1 is 1.09 bits per heavy atom. The standard InChI is InChI=1S/C17H27NO4S/c1-16(2,3)13-7-9-14(10-8-13)22-12-11-18-15(19)17(4,5)23(6,20)21/h7-10H,11-12H2,1-6H3,(H,18,19). The van der Waals surface area contributed by atoms with Gasteiger partial charge in [-0.15, -0.1) is 0 Å². The SMILES string of the molecule is CC(C)(C)c1ccc(OCCNC(=O)C(C)(C)S(C)(=O)=O)cc1. The van der Waals surface area contributed by atoms with E-state index >= 15 is 0 Å². The molecule has 0 aliphatic rings. The van der Waals surface area contributed by atoms with Crippen molar-refractivity contribution in [1.29, 1.82) is 0 Å². The van der Waals surface area contributed by atoms with Crippen LogP contribution in [0.2, 0.25) is 0 Å². The Balaban J connectivity index is 2.48. The van der Waals surface area contributed by atoms with Crippen LogP contribution >= 0.6 is 0 Å². The van der Waals surface area contributed by atoms with Crippen molar-refractivity contribution in [2.45, 2.75) is 44.8 Å². The van der Waals surface area contributed by atoms with E-state index < -0.39 is 20.5 Å². The minimum atomic E-state index is -3.46. The van der Waals surface area contributed by atoms with Gasteiger partial charge in [0.25, 0.3) is 0 Å². The largest absolute Gasteiger partial charge is 0.492 e. The third-order valence-electron chi connectivity index (χ3n) is 3.85. The van der Waals surface area contributed by atoms with E-state index in [4.69, 9.17) is 4.74 Å². The summed E-state index contributed by atoms with van der Waals surface area (Å²) in [6.45, 7) is 9.73. The number of hydrogen-bond acceptors (Lipinski definition) is 4.